The minimum atomic E-state index is -0.451. The van der Waals surface area contributed by atoms with Crippen LogP contribution in [-0.4, -0.2) is 34.1 Å². The minimum absolute atomic E-state index is 0.0160. The Bertz CT molecular complexity index is 772. The van der Waals surface area contributed by atoms with Crippen LogP contribution in [0.1, 0.15) is 106 Å². The molecule has 5 aliphatic rings. The van der Waals surface area contributed by atoms with E-state index in [0.717, 1.165) is 42.9 Å². The van der Waals surface area contributed by atoms with Crippen LogP contribution in [0.4, 0.5) is 0 Å². The van der Waals surface area contributed by atoms with Gasteiger partial charge in [-0.25, -0.2) is 0 Å². The van der Waals surface area contributed by atoms with E-state index in [0.29, 0.717) is 17.8 Å². The summed E-state index contributed by atoms with van der Waals surface area (Å²) in [4.78, 5) is 0. The first-order valence-electron chi connectivity index (χ1n) is 13.9. The fraction of sp³-hybridized carbons (Fsp3) is 0.931. The molecule has 0 radical (unpaired) electrons. The smallest absolute Gasteiger partial charge is 0.118 e. The van der Waals surface area contributed by atoms with Crippen LogP contribution < -0.4 is 0 Å². The number of ether oxygens (including phenoxy) is 1. The first-order chi connectivity index (χ1) is 15.1. The van der Waals surface area contributed by atoms with Crippen molar-refractivity contribution in [2.24, 2.45) is 40.4 Å². The van der Waals surface area contributed by atoms with Crippen molar-refractivity contribution in [3.63, 3.8) is 0 Å². The third-order valence-corrected chi connectivity index (χ3v) is 11.7. The van der Waals surface area contributed by atoms with Crippen molar-refractivity contribution in [1.82, 2.24) is 0 Å². The lowest BCUT2D eigenvalue weighted by Crippen LogP contribution is -2.55. The molecule has 0 aromatic rings. The molecule has 0 aromatic heterocycles. The van der Waals surface area contributed by atoms with E-state index >= 15 is 0 Å². The van der Waals surface area contributed by atoms with Gasteiger partial charge in [-0.2, -0.15) is 0 Å². The molecule has 0 amide bonds. The number of aliphatic hydroxyl groups excluding tert-OH is 2. The Labute approximate surface area is 196 Å². The van der Waals surface area contributed by atoms with Crippen LogP contribution in [0.3, 0.4) is 0 Å². The zero-order chi connectivity index (χ0) is 23.1. The van der Waals surface area contributed by atoms with Gasteiger partial charge in [0.05, 0.1) is 6.10 Å². The Morgan fingerprint density at radius 1 is 1.03 bits per heavy atom. The average Bonchev–Trinajstić information content (AvgIpc) is 3.36. The third kappa shape index (κ3) is 3.09. The summed E-state index contributed by atoms with van der Waals surface area (Å²) in [5.41, 5.74) is 2.96. The van der Waals surface area contributed by atoms with Crippen LogP contribution in [0, 0.1) is 40.4 Å². The van der Waals surface area contributed by atoms with E-state index in [1.165, 1.54) is 49.7 Å². The van der Waals surface area contributed by atoms with Crippen LogP contribution >= 0.6 is 0 Å². The van der Waals surface area contributed by atoms with E-state index < -0.39 is 6.10 Å². The van der Waals surface area contributed by atoms with Crippen molar-refractivity contribution in [3.05, 3.63) is 11.1 Å². The van der Waals surface area contributed by atoms with E-state index in [9.17, 15) is 10.2 Å². The molecule has 3 fully saturated rings. The number of hydrogen-bond acceptors (Lipinski definition) is 3. The number of aliphatic hydroxyl groups is 2. The molecule has 1 saturated heterocycles. The van der Waals surface area contributed by atoms with Crippen molar-refractivity contribution in [3.8, 4) is 0 Å². The van der Waals surface area contributed by atoms with Gasteiger partial charge in [0.25, 0.3) is 0 Å². The Hall–Kier alpha value is -0.380. The quantitative estimate of drug-likeness (QED) is 0.375. The lowest BCUT2D eigenvalue weighted by atomic mass is 9.49. The number of epoxide rings is 1. The lowest BCUT2D eigenvalue weighted by molar-refractivity contribution is -0.00168. The normalized spacial score (nSPS) is 49.2. The highest BCUT2D eigenvalue weighted by Gasteiger charge is 2.76. The van der Waals surface area contributed by atoms with Gasteiger partial charge in [-0.1, -0.05) is 60.0 Å². The Balaban J connectivity index is 1.39. The van der Waals surface area contributed by atoms with E-state index in [2.05, 4.69) is 41.5 Å². The second kappa shape index (κ2) is 7.82. The van der Waals surface area contributed by atoms with E-state index in [4.69, 9.17) is 4.74 Å². The topological polar surface area (TPSA) is 53.0 Å². The van der Waals surface area contributed by atoms with Gasteiger partial charge in [-0.3, -0.25) is 0 Å². The summed E-state index contributed by atoms with van der Waals surface area (Å²) >= 11 is 0. The van der Waals surface area contributed by atoms with Gasteiger partial charge in [0, 0.05) is 11.8 Å². The van der Waals surface area contributed by atoms with Gasteiger partial charge in [0.15, 0.2) is 0 Å². The molecule has 0 aromatic carbocycles. The molecule has 1 spiro atoms. The highest BCUT2D eigenvalue weighted by atomic mass is 16.6. The zero-order valence-corrected chi connectivity index (χ0v) is 21.5. The fourth-order valence-corrected chi connectivity index (χ4v) is 9.52. The summed E-state index contributed by atoms with van der Waals surface area (Å²) in [6, 6.07) is 0. The van der Waals surface area contributed by atoms with Crippen LogP contribution in [0.2, 0.25) is 0 Å². The largest absolute Gasteiger partial charge is 0.393 e. The zero-order valence-electron chi connectivity index (χ0n) is 21.5. The molecular formula is C29H48O3. The second-order valence-electron chi connectivity index (χ2n) is 13.2. The van der Waals surface area contributed by atoms with E-state index in [1.54, 1.807) is 0 Å². The number of fused-ring (bicyclic) bond motifs is 3. The second-order valence-corrected chi connectivity index (χ2v) is 13.2. The van der Waals surface area contributed by atoms with E-state index in [1.807, 2.05) is 0 Å². The van der Waals surface area contributed by atoms with Gasteiger partial charge < -0.3 is 14.9 Å². The molecule has 1 heterocycles. The first kappa shape index (κ1) is 23.4. The Morgan fingerprint density at radius 2 is 1.78 bits per heavy atom. The minimum Gasteiger partial charge on any atom is -0.393 e. The molecule has 4 aliphatic carbocycles. The molecule has 5 rings (SSSR count). The summed E-state index contributed by atoms with van der Waals surface area (Å²) in [7, 11) is 0. The van der Waals surface area contributed by atoms with Crippen molar-refractivity contribution >= 4 is 0 Å². The van der Waals surface area contributed by atoms with E-state index in [-0.39, 0.29) is 23.2 Å². The molecule has 32 heavy (non-hydrogen) atoms. The first-order valence-corrected chi connectivity index (χ1v) is 13.9. The van der Waals surface area contributed by atoms with Crippen LogP contribution in [0.5, 0.6) is 0 Å². The molecule has 1 aliphatic heterocycles. The predicted molar refractivity (Wildman–Crippen MR) is 129 cm³/mol. The van der Waals surface area contributed by atoms with Crippen molar-refractivity contribution in [2.75, 3.05) is 0 Å². The molecule has 182 valence electrons. The van der Waals surface area contributed by atoms with Gasteiger partial charge in [-0.15, -0.1) is 0 Å². The summed E-state index contributed by atoms with van der Waals surface area (Å²) in [6.07, 6.45) is 10.7. The van der Waals surface area contributed by atoms with Crippen LogP contribution in [0.25, 0.3) is 0 Å². The predicted octanol–water partition coefficient (Wildman–Crippen LogP) is 6.27. The standard InChI is InChI=1S/C29H48O3/c1-7-19(17(2)3)9-8-18(4)21-10-11-22-24-23(13-14-27(21,22)5)28(6)15-12-20(30)16-29(28)26(32-29)25(24)31/h17-22,25-26,30-31H,7-16H2,1-6H3/t18?,19-,20+,21-,22?,25+,26+,27-,28-,29?/m1/s1. The van der Waals surface area contributed by atoms with Crippen molar-refractivity contribution < 1.29 is 14.9 Å². The highest BCUT2D eigenvalue weighted by Crippen LogP contribution is 2.72. The number of hydrogen-bond donors (Lipinski definition) is 2. The molecular weight excluding hydrogens is 396 g/mol. The van der Waals surface area contributed by atoms with Crippen LogP contribution in [-0.2, 0) is 4.74 Å². The fourth-order valence-electron chi connectivity index (χ4n) is 9.52. The highest BCUT2D eigenvalue weighted by molar-refractivity contribution is 5.45. The maximum atomic E-state index is 11.5. The summed E-state index contributed by atoms with van der Waals surface area (Å²) in [5.74, 6) is 3.69. The van der Waals surface area contributed by atoms with Gasteiger partial charge in [-0.05, 0) is 85.5 Å². The van der Waals surface area contributed by atoms with Gasteiger partial charge in [0.1, 0.15) is 17.8 Å². The summed E-state index contributed by atoms with van der Waals surface area (Å²) in [6.45, 7) is 14.6. The molecule has 10 atom stereocenters. The lowest BCUT2D eigenvalue weighted by Gasteiger charge is -2.54. The summed E-state index contributed by atoms with van der Waals surface area (Å²) < 4.78 is 6.35. The molecule has 0 bridgehead atoms. The molecule has 3 nitrogen and oxygen atoms in total. The molecule has 3 heteroatoms. The average molecular weight is 445 g/mol. The monoisotopic (exact) mass is 444 g/mol. The van der Waals surface area contributed by atoms with Crippen molar-refractivity contribution in [1.29, 1.82) is 0 Å². The SMILES string of the molecule is CC[C@H](CCC(C)[C@H]1CCC2C3=C(CC[C@@]21C)[C@@]1(C)CC[C@H](O)CC12O[C@H]2[C@H]3O)C(C)C. The van der Waals surface area contributed by atoms with Crippen molar-refractivity contribution in [2.45, 2.75) is 130 Å². The third-order valence-electron chi connectivity index (χ3n) is 11.7. The van der Waals surface area contributed by atoms with Gasteiger partial charge in [0.2, 0.25) is 0 Å². The summed E-state index contributed by atoms with van der Waals surface area (Å²) in [5, 5.41) is 21.9. The molecule has 3 unspecified atom stereocenters. The Morgan fingerprint density at radius 3 is 2.47 bits per heavy atom. The Kier molecular flexibility index (Phi) is 5.71. The molecule has 2 saturated carbocycles. The van der Waals surface area contributed by atoms with Crippen LogP contribution in [0.15, 0.2) is 11.1 Å². The maximum Gasteiger partial charge on any atom is 0.118 e. The maximum absolute atomic E-state index is 11.5. The van der Waals surface area contributed by atoms with Gasteiger partial charge >= 0.3 is 0 Å². The number of rotatable bonds is 6. The molecule has 2 N–H and O–H groups in total.